The Morgan fingerprint density at radius 3 is 2.80 bits per heavy atom. The smallest absolute Gasteiger partial charge is 0.248 e. The lowest BCUT2D eigenvalue weighted by atomic mass is 9.72. The molecular formula is C21H31NO3. The lowest BCUT2D eigenvalue weighted by Gasteiger charge is -2.43. The number of amides is 1. The van der Waals surface area contributed by atoms with E-state index in [0.29, 0.717) is 6.61 Å². The van der Waals surface area contributed by atoms with E-state index >= 15 is 0 Å². The fourth-order valence-corrected chi connectivity index (χ4v) is 4.55. The quantitative estimate of drug-likeness (QED) is 0.806. The Bertz CT molecular complexity index is 558. The highest BCUT2D eigenvalue weighted by atomic mass is 16.5. The second-order valence-electron chi connectivity index (χ2n) is 7.79. The topological polar surface area (TPSA) is 49.8 Å². The largest absolute Gasteiger partial charge is 0.390 e. The SMILES string of the molecule is C[C@]1(O)CCCC[C@H]1[C@H]1CCCN1C(=O)COCCc1ccccc1. The first-order valence-corrected chi connectivity index (χ1v) is 9.71. The van der Waals surface area contributed by atoms with Gasteiger partial charge in [-0.1, -0.05) is 43.2 Å². The van der Waals surface area contributed by atoms with Gasteiger partial charge in [0.25, 0.3) is 0 Å². The van der Waals surface area contributed by atoms with Crippen LogP contribution in [0.2, 0.25) is 0 Å². The van der Waals surface area contributed by atoms with Crippen molar-refractivity contribution in [3.8, 4) is 0 Å². The molecule has 1 saturated carbocycles. The zero-order valence-electron chi connectivity index (χ0n) is 15.3. The van der Waals surface area contributed by atoms with Gasteiger partial charge in [-0.15, -0.1) is 0 Å². The number of carbonyl (C=O) groups is 1. The normalized spacial score (nSPS) is 29.8. The third-order valence-electron chi connectivity index (χ3n) is 5.93. The summed E-state index contributed by atoms with van der Waals surface area (Å²) in [7, 11) is 0. The van der Waals surface area contributed by atoms with Crippen LogP contribution in [0.4, 0.5) is 0 Å². The van der Waals surface area contributed by atoms with Crippen LogP contribution in [0, 0.1) is 5.92 Å². The molecule has 3 rings (SSSR count). The van der Waals surface area contributed by atoms with E-state index in [1.54, 1.807) is 0 Å². The Morgan fingerprint density at radius 1 is 1.24 bits per heavy atom. The lowest BCUT2D eigenvalue weighted by Crippen LogP contribution is -2.51. The van der Waals surface area contributed by atoms with E-state index in [0.717, 1.165) is 51.5 Å². The molecule has 4 heteroatoms. The first-order chi connectivity index (χ1) is 12.1. The molecule has 1 N–H and O–H groups in total. The molecule has 0 bridgehead atoms. The highest BCUT2D eigenvalue weighted by Crippen LogP contribution is 2.40. The van der Waals surface area contributed by atoms with E-state index in [-0.39, 0.29) is 24.5 Å². The Kier molecular flexibility index (Phi) is 6.13. The maximum absolute atomic E-state index is 12.6. The highest BCUT2D eigenvalue weighted by molar-refractivity contribution is 5.78. The lowest BCUT2D eigenvalue weighted by molar-refractivity contribution is -0.141. The van der Waals surface area contributed by atoms with E-state index in [1.165, 1.54) is 5.56 Å². The molecule has 1 aliphatic carbocycles. The van der Waals surface area contributed by atoms with Gasteiger partial charge >= 0.3 is 0 Å². The number of ether oxygens (including phenoxy) is 1. The molecule has 1 aromatic carbocycles. The van der Waals surface area contributed by atoms with Crippen LogP contribution >= 0.6 is 0 Å². The van der Waals surface area contributed by atoms with E-state index in [9.17, 15) is 9.90 Å². The zero-order valence-corrected chi connectivity index (χ0v) is 15.3. The van der Waals surface area contributed by atoms with Gasteiger partial charge in [-0.3, -0.25) is 4.79 Å². The minimum absolute atomic E-state index is 0.0805. The summed E-state index contributed by atoms with van der Waals surface area (Å²) < 4.78 is 5.65. The van der Waals surface area contributed by atoms with Crippen molar-refractivity contribution in [2.24, 2.45) is 5.92 Å². The first-order valence-electron chi connectivity index (χ1n) is 9.71. The minimum Gasteiger partial charge on any atom is -0.390 e. The molecule has 1 saturated heterocycles. The van der Waals surface area contributed by atoms with Crippen molar-refractivity contribution in [3.63, 3.8) is 0 Å². The van der Waals surface area contributed by atoms with Crippen LogP contribution in [-0.2, 0) is 16.0 Å². The molecule has 2 aliphatic rings. The molecule has 138 valence electrons. The summed E-state index contributed by atoms with van der Waals surface area (Å²) in [5.41, 5.74) is 0.590. The standard InChI is InChI=1S/C21H31NO3/c1-21(24)13-6-5-10-18(21)19-11-7-14-22(19)20(23)16-25-15-12-17-8-3-2-4-9-17/h2-4,8-9,18-19,24H,5-7,10-16H2,1H3/t18-,19+,21-/m0/s1. The summed E-state index contributed by atoms with van der Waals surface area (Å²) in [6.07, 6.45) is 7.00. The maximum atomic E-state index is 12.6. The summed E-state index contributed by atoms with van der Waals surface area (Å²) in [5.74, 6) is 0.286. The summed E-state index contributed by atoms with van der Waals surface area (Å²) >= 11 is 0. The summed E-state index contributed by atoms with van der Waals surface area (Å²) in [4.78, 5) is 14.6. The van der Waals surface area contributed by atoms with Crippen LogP contribution < -0.4 is 0 Å². The molecule has 0 radical (unpaired) electrons. The van der Waals surface area contributed by atoms with Crippen LogP contribution in [0.1, 0.15) is 51.0 Å². The third kappa shape index (κ3) is 4.62. The molecule has 3 atom stereocenters. The number of aliphatic hydroxyl groups is 1. The van der Waals surface area contributed by atoms with Gasteiger partial charge in [-0.2, -0.15) is 0 Å². The predicted molar refractivity (Wildman–Crippen MR) is 98.3 cm³/mol. The molecule has 1 aliphatic heterocycles. The molecule has 1 heterocycles. The molecule has 0 unspecified atom stereocenters. The van der Waals surface area contributed by atoms with Crippen molar-refractivity contribution < 1.29 is 14.6 Å². The number of likely N-dealkylation sites (tertiary alicyclic amines) is 1. The van der Waals surface area contributed by atoms with Gasteiger partial charge in [0.05, 0.1) is 12.2 Å². The molecular weight excluding hydrogens is 314 g/mol. The summed E-state index contributed by atoms with van der Waals surface area (Å²) in [6, 6.07) is 10.4. The third-order valence-corrected chi connectivity index (χ3v) is 5.93. The second-order valence-corrected chi connectivity index (χ2v) is 7.79. The second kappa shape index (κ2) is 8.33. The van der Waals surface area contributed by atoms with E-state index in [2.05, 4.69) is 12.1 Å². The number of hydrogen-bond donors (Lipinski definition) is 1. The van der Waals surface area contributed by atoms with Crippen LogP contribution in [0.3, 0.4) is 0 Å². The number of rotatable bonds is 6. The average Bonchev–Trinajstić information content (AvgIpc) is 3.08. The maximum Gasteiger partial charge on any atom is 0.248 e. The van der Waals surface area contributed by atoms with Gasteiger partial charge in [0, 0.05) is 18.5 Å². The van der Waals surface area contributed by atoms with Crippen LogP contribution in [0.5, 0.6) is 0 Å². The molecule has 1 aromatic rings. The van der Waals surface area contributed by atoms with Crippen molar-refractivity contribution in [1.82, 2.24) is 4.90 Å². The van der Waals surface area contributed by atoms with E-state index in [1.807, 2.05) is 30.0 Å². The Morgan fingerprint density at radius 2 is 2.04 bits per heavy atom. The van der Waals surface area contributed by atoms with Crippen molar-refractivity contribution in [2.45, 2.75) is 63.5 Å². The van der Waals surface area contributed by atoms with Crippen LogP contribution in [0.15, 0.2) is 30.3 Å². The van der Waals surface area contributed by atoms with E-state index < -0.39 is 5.60 Å². The Hall–Kier alpha value is -1.39. The van der Waals surface area contributed by atoms with E-state index in [4.69, 9.17) is 4.74 Å². The molecule has 25 heavy (non-hydrogen) atoms. The average molecular weight is 345 g/mol. The van der Waals surface area contributed by atoms with Crippen molar-refractivity contribution in [2.75, 3.05) is 19.8 Å². The number of benzene rings is 1. The zero-order chi connectivity index (χ0) is 17.7. The number of carbonyl (C=O) groups excluding carboxylic acids is 1. The van der Waals surface area contributed by atoms with Crippen molar-refractivity contribution in [3.05, 3.63) is 35.9 Å². The monoisotopic (exact) mass is 345 g/mol. The van der Waals surface area contributed by atoms with Crippen LogP contribution in [-0.4, -0.2) is 47.3 Å². The fourth-order valence-electron chi connectivity index (χ4n) is 4.55. The molecule has 0 aromatic heterocycles. The predicted octanol–water partition coefficient (Wildman–Crippen LogP) is 3.18. The van der Waals surface area contributed by atoms with Gasteiger partial charge in [-0.05, 0) is 44.6 Å². The molecule has 4 nitrogen and oxygen atoms in total. The van der Waals surface area contributed by atoms with Gasteiger partial charge < -0.3 is 14.7 Å². The van der Waals surface area contributed by atoms with Gasteiger partial charge in [0.15, 0.2) is 0 Å². The van der Waals surface area contributed by atoms with Crippen molar-refractivity contribution in [1.29, 1.82) is 0 Å². The number of nitrogens with zero attached hydrogens (tertiary/aromatic N) is 1. The van der Waals surface area contributed by atoms with Gasteiger partial charge in [-0.25, -0.2) is 0 Å². The highest BCUT2D eigenvalue weighted by Gasteiger charge is 2.44. The molecule has 1 amide bonds. The fraction of sp³-hybridized carbons (Fsp3) is 0.667. The van der Waals surface area contributed by atoms with Gasteiger partial charge in [0.1, 0.15) is 6.61 Å². The van der Waals surface area contributed by atoms with Crippen molar-refractivity contribution >= 4 is 5.91 Å². The Labute approximate surface area is 151 Å². The summed E-state index contributed by atoms with van der Waals surface area (Å²) in [6.45, 7) is 3.47. The molecule has 2 fully saturated rings. The number of hydrogen-bond acceptors (Lipinski definition) is 3. The molecule has 0 spiro atoms. The first kappa shape index (κ1) is 18.4. The van der Waals surface area contributed by atoms with Gasteiger partial charge in [0.2, 0.25) is 5.91 Å². The summed E-state index contributed by atoms with van der Waals surface area (Å²) in [5, 5.41) is 10.8. The minimum atomic E-state index is -0.639. The Balaban J connectivity index is 1.49. The van der Waals surface area contributed by atoms with Crippen LogP contribution in [0.25, 0.3) is 0 Å².